The summed E-state index contributed by atoms with van der Waals surface area (Å²) < 4.78 is 23.0. The molecule has 10 unspecified atom stereocenters. The van der Waals surface area contributed by atoms with E-state index in [1.165, 1.54) is 6.08 Å². The Kier molecular flexibility index (Phi) is 14.3. The summed E-state index contributed by atoms with van der Waals surface area (Å²) in [5.41, 5.74) is 1.81. The van der Waals surface area contributed by atoms with Gasteiger partial charge in [-0.2, -0.15) is 0 Å². The van der Waals surface area contributed by atoms with Crippen LogP contribution in [-0.4, -0.2) is 135 Å². The minimum absolute atomic E-state index is 0.00762. The average Bonchev–Trinajstić information content (AvgIpc) is 3.08. The zero-order valence-corrected chi connectivity index (χ0v) is 26.7. The van der Waals surface area contributed by atoms with E-state index in [0.717, 1.165) is 43.9 Å². The third-order valence-corrected chi connectivity index (χ3v) is 8.92. The first-order valence-electron chi connectivity index (χ1n) is 16.3. The van der Waals surface area contributed by atoms with Gasteiger partial charge in [0.2, 0.25) is 6.29 Å². The Balaban J connectivity index is 1.72. The molecule has 10 atom stereocenters. The normalized spacial score (nSPS) is 33.3. The van der Waals surface area contributed by atoms with Crippen molar-refractivity contribution in [1.29, 1.82) is 0 Å². The maximum Gasteiger partial charge on any atom is 0.337 e. The molecule has 0 spiro atoms. The van der Waals surface area contributed by atoms with E-state index in [1.807, 2.05) is 6.08 Å². The van der Waals surface area contributed by atoms with Crippen molar-refractivity contribution in [2.75, 3.05) is 39.5 Å². The zero-order chi connectivity index (χ0) is 34.8. The van der Waals surface area contributed by atoms with Gasteiger partial charge in [-0.3, -0.25) is 0 Å². The quantitative estimate of drug-likeness (QED) is 0.0698. The fourth-order valence-corrected chi connectivity index (χ4v) is 6.20. The Morgan fingerprint density at radius 1 is 1.04 bits per heavy atom. The van der Waals surface area contributed by atoms with Crippen molar-refractivity contribution in [2.24, 2.45) is 11.8 Å². The summed E-state index contributed by atoms with van der Waals surface area (Å²) >= 11 is 0. The summed E-state index contributed by atoms with van der Waals surface area (Å²) in [5.74, 6) is -3.41. The summed E-state index contributed by atoms with van der Waals surface area (Å²) in [5, 5.41) is 79.1. The lowest BCUT2D eigenvalue weighted by Crippen LogP contribution is -3.09. The topological polar surface area (TPSA) is 237 Å². The fraction of sp³-hybridized carbons (Fsp3) is 0.636. The van der Waals surface area contributed by atoms with Crippen molar-refractivity contribution < 1.29 is 74.3 Å². The van der Waals surface area contributed by atoms with Gasteiger partial charge in [0.25, 0.3) is 0 Å². The second-order valence-corrected chi connectivity index (χ2v) is 12.4. The van der Waals surface area contributed by atoms with Crippen LogP contribution >= 0.6 is 0 Å². The maximum atomic E-state index is 13.5. The number of nitrogens with one attached hydrogen (secondary N) is 1. The van der Waals surface area contributed by atoms with Crippen LogP contribution in [-0.2, 0) is 28.5 Å². The second kappa shape index (κ2) is 18.2. The van der Waals surface area contributed by atoms with Crippen LogP contribution in [0.1, 0.15) is 38.5 Å². The number of quaternary nitrogens is 1. The molecule has 1 saturated heterocycles. The first kappa shape index (κ1) is 37.9. The number of carbonyl (C=O) groups excluding carboxylic acids is 1. The smallest absolute Gasteiger partial charge is 0.337 e. The first-order chi connectivity index (χ1) is 23.1. The summed E-state index contributed by atoms with van der Waals surface area (Å²) in [4.78, 5) is 26.0. The van der Waals surface area contributed by atoms with Gasteiger partial charge in [-0.15, -0.1) is 0 Å². The molecule has 268 valence electrons. The number of aliphatic hydroxyl groups is 7. The summed E-state index contributed by atoms with van der Waals surface area (Å²) in [6.07, 6.45) is 4.23. The van der Waals surface area contributed by atoms with Crippen molar-refractivity contribution in [3.8, 4) is 0 Å². The number of hydrogen-bond acceptors (Lipinski definition) is 13. The molecule has 0 aromatic heterocycles. The van der Waals surface area contributed by atoms with E-state index in [1.54, 1.807) is 18.4 Å². The van der Waals surface area contributed by atoms with Crippen LogP contribution in [0.3, 0.4) is 0 Å². The molecular formula is C33H48NO14+. The van der Waals surface area contributed by atoms with Crippen molar-refractivity contribution in [1.82, 2.24) is 0 Å². The first-order valence-corrected chi connectivity index (χ1v) is 16.3. The molecule has 2 fully saturated rings. The summed E-state index contributed by atoms with van der Waals surface area (Å²) in [6.45, 7) is -1.07. The summed E-state index contributed by atoms with van der Waals surface area (Å²) in [6, 6.07) is 0. The highest BCUT2D eigenvalue weighted by Gasteiger charge is 2.47. The highest BCUT2D eigenvalue weighted by Crippen LogP contribution is 2.39. The molecule has 4 rings (SSSR count). The minimum atomic E-state index is -1.70. The Bertz CT molecular complexity index is 1250. The molecule has 0 radical (unpaired) electrons. The number of rotatable bonds is 14. The number of ether oxygens (including phenoxy) is 4. The molecule has 0 bridgehead atoms. The van der Waals surface area contributed by atoms with Gasteiger partial charge in [0.1, 0.15) is 43.7 Å². The maximum absolute atomic E-state index is 13.5. The van der Waals surface area contributed by atoms with Crippen molar-refractivity contribution in [2.45, 2.75) is 81.6 Å². The van der Waals surface area contributed by atoms with E-state index in [2.05, 4.69) is 0 Å². The van der Waals surface area contributed by atoms with Gasteiger partial charge >= 0.3 is 11.9 Å². The number of esters is 1. The average molecular weight is 683 g/mol. The molecular weight excluding hydrogens is 634 g/mol. The van der Waals surface area contributed by atoms with E-state index >= 15 is 0 Å². The molecule has 48 heavy (non-hydrogen) atoms. The molecule has 0 aromatic rings. The molecule has 4 aliphatic rings. The van der Waals surface area contributed by atoms with Gasteiger partial charge in [-0.25, -0.2) is 9.59 Å². The third-order valence-electron chi connectivity index (χ3n) is 8.92. The van der Waals surface area contributed by atoms with E-state index in [-0.39, 0.29) is 43.9 Å². The van der Waals surface area contributed by atoms with E-state index < -0.39 is 80.1 Å². The number of carboxylic acids is 1. The lowest BCUT2D eigenvalue weighted by Gasteiger charge is -2.43. The number of carboxylic acid groups (broad SMARTS) is 1. The SMILES string of the molecule is O=C(O)C1=CC(C=CC2C(C(=O)OCCC(O)CO)=COC(OC3OC(CO)C(O)C(O)C3O)C2C=C2CCCCC2)=C[NH+](CCO)C1. The van der Waals surface area contributed by atoms with Crippen molar-refractivity contribution >= 4 is 11.9 Å². The van der Waals surface area contributed by atoms with Gasteiger partial charge in [0.05, 0.1) is 55.9 Å². The molecule has 0 amide bonds. The largest absolute Gasteiger partial charge is 0.478 e. The van der Waals surface area contributed by atoms with E-state index in [4.69, 9.17) is 24.1 Å². The zero-order valence-electron chi connectivity index (χ0n) is 26.7. The predicted octanol–water partition coefficient (Wildman–Crippen LogP) is -2.21. The van der Waals surface area contributed by atoms with Crippen molar-refractivity contribution in [3.05, 3.63) is 59.1 Å². The van der Waals surface area contributed by atoms with Crippen LogP contribution in [0.15, 0.2) is 59.1 Å². The molecule has 9 N–H and O–H groups in total. The Morgan fingerprint density at radius 3 is 2.46 bits per heavy atom. The monoisotopic (exact) mass is 682 g/mol. The van der Waals surface area contributed by atoms with E-state index in [9.17, 15) is 45.3 Å². The lowest BCUT2D eigenvalue weighted by molar-refractivity contribution is -0.842. The number of carbonyl (C=O) groups is 2. The van der Waals surface area contributed by atoms with Crippen LogP contribution < -0.4 is 4.90 Å². The molecule has 15 nitrogen and oxygen atoms in total. The van der Waals surface area contributed by atoms with Gasteiger partial charge in [-0.1, -0.05) is 30.2 Å². The van der Waals surface area contributed by atoms with Crippen LogP contribution in [0, 0.1) is 11.8 Å². The second-order valence-electron chi connectivity index (χ2n) is 12.4. The highest BCUT2D eigenvalue weighted by molar-refractivity contribution is 5.89. The van der Waals surface area contributed by atoms with Crippen LogP contribution in [0.2, 0.25) is 0 Å². The molecule has 0 aromatic carbocycles. The van der Waals surface area contributed by atoms with Gasteiger partial charge in [0, 0.05) is 17.9 Å². The van der Waals surface area contributed by atoms with E-state index in [0.29, 0.717) is 10.5 Å². The van der Waals surface area contributed by atoms with Gasteiger partial charge < -0.3 is 64.7 Å². The minimum Gasteiger partial charge on any atom is -0.478 e. The molecule has 1 aliphatic carbocycles. The fourth-order valence-electron chi connectivity index (χ4n) is 6.20. The van der Waals surface area contributed by atoms with Gasteiger partial charge in [0.15, 0.2) is 6.29 Å². The van der Waals surface area contributed by atoms with Crippen LogP contribution in [0.25, 0.3) is 0 Å². The van der Waals surface area contributed by atoms with Gasteiger partial charge in [-0.05, 0) is 31.8 Å². The van der Waals surface area contributed by atoms with Crippen LogP contribution in [0.4, 0.5) is 0 Å². The highest BCUT2D eigenvalue weighted by atomic mass is 16.8. The Hall–Kier alpha value is -2.96. The van der Waals surface area contributed by atoms with Crippen molar-refractivity contribution in [3.63, 3.8) is 0 Å². The molecule has 3 heterocycles. The number of aliphatic carboxylic acids is 1. The molecule has 3 aliphatic heterocycles. The number of aliphatic hydroxyl groups excluding tert-OH is 7. The third kappa shape index (κ3) is 9.81. The standard InChI is InChI=1S/C33H47NO14/c35-10-9-34-14-20(12-21(15-34)30(42)43)6-7-23-24(13-19-4-2-1-3-5-19)32(46-18-25(23)31(44)45-11-8-22(38)16-36)48-33-29(41)28(40)27(39)26(17-37)47-33/h6-7,12-14,18,22-24,26-29,32-33,35-41H,1-5,8-11,15-17H2,(H,42,43)/p+1. The predicted molar refractivity (Wildman–Crippen MR) is 165 cm³/mol. The number of allylic oxidation sites excluding steroid dienone is 5. The molecule has 1 saturated carbocycles. The summed E-state index contributed by atoms with van der Waals surface area (Å²) in [7, 11) is 0. The Labute approximate surface area is 278 Å². The molecule has 15 heteroatoms. The number of hydrogen-bond donors (Lipinski definition) is 9. The Morgan fingerprint density at radius 2 is 1.79 bits per heavy atom. The lowest BCUT2D eigenvalue weighted by atomic mass is 9.80. The van der Waals surface area contributed by atoms with Crippen LogP contribution in [0.5, 0.6) is 0 Å².